The number of nitrogens with zero attached hydrogens (tertiary/aromatic N) is 1. The molecule has 3 heterocycles. The molecule has 0 radical (unpaired) electrons. The van der Waals surface area contributed by atoms with Gasteiger partial charge in [0.1, 0.15) is 5.78 Å². The van der Waals surface area contributed by atoms with E-state index in [1.165, 1.54) is 11.3 Å². The Hall–Kier alpha value is -1.76. The molecule has 38 heavy (non-hydrogen) atoms. The smallest absolute Gasteiger partial charge is 0.223 e. The first-order chi connectivity index (χ1) is 17.8. The van der Waals surface area contributed by atoms with Gasteiger partial charge in [-0.1, -0.05) is 38.8 Å². The van der Waals surface area contributed by atoms with E-state index in [9.17, 15) is 19.8 Å². The average Bonchev–Trinajstić information content (AvgIpc) is 3.29. The van der Waals surface area contributed by atoms with E-state index in [1.54, 1.807) is 19.9 Å². The summed E-state index contributed by atoms with van der Waals surface area (Å²) in [5, 5.41) is 28.4. The Bertz CT molecular complexity index is 1080. The van der Waals surface area contributed by atoms with Crippen molar-refractivity contribution >= 4 is 40.7 Å². The molecule has 9 heteroatoms. The van der Waals surface area contributed by atoms with Gasteiger partial charge in [0.2, 0.25) is 5.91 Å². The molecule has 2 aliphatic rings. The summed E-state index contributed by atoms with van der Waals surface area (Å²) in [5.74, 6) is 0.980. The summed E-state index contributed by atoms with van der Waals surface area (Å²) < 4.78 is 6.07. The maximum absolute atomic E-state index is 13.6. The Kier molecular flexibility index (Phi) is 10.2. The van der Waals surface area contributed by atoms with Crippen LogP contribution in [0.1, 0.15) is 83.3 Å². The Morgan fingerprint density at radius 3 is 2.71 bits per heavy atom. The summed E-state index contributed by atoms with van der Waals surface area (Å²) in [6.07, 6.45) is 8.15. The van der Waals surface area contributed by atoms with Gasteiger partial charge in [0, 0.05) is 29.2 Å². The highest BCUT2D eigenvalue weighted by Gasteiger charge is 2.52. The number of aliphatic hydroxyl groups is 2. The molecule has 0 spiro atoms. The molecule has 2 fully saturated rings. The fourth-order valence-electron chi connectivity index (χ4n) is 5.32. The quantitative estimate of drug-likeness (QED) is 0.363. The van der Waals surface area contributed by atoms with Crippen LogP contribution in [0.15, 0.2) is 10.4 Å². The van der Waals surface area contributed by atoms with Gasteiger partial charge >= 0.3 is 0 Å². The maximum atomic E-state index is 13.6. The van der Waals surface area contributed by atoms with E-state index < -0.39 is 35.5 Å². The number of Topliss-reactive ketones (excluding diaryl/α,β-unsaturated/α-hetero) is 1. The molecule has 0 aliphatic carbocycles. The zero-order valence-corrected chi connectivity index (χ0v) is 24.6. The molecule has 3 N–H and O–H groups in total. The summed E-state index contributed by atoms with van der Waals surface area (Å²) in [6.45, 7) is 9.14. The van der Waals surface area contributed by atoms with Crippen LogP contribution in [0.3, 0.4) is 0 Å². The lowest BCUT2D eigenvalue weighted by molar-refractivity contribution is -0.144. The number of aliphatic hydroxyl groups excluding tert-OH is 2. The minimum atomic E-state index is -1.26. The van der Waals surface area contributed by atoms with Crippen LogP contribution in [0.5, 0.6) is 0 Å². The Morgan fingerprint density at radius 1 is 1.37 bits per heavy atom. The minimum Gasteiger partial charge on any atom is -0.392 e. The molecule has 2 saturated heterocycles. The molecule has 7 unspecified atom stereocenters. The molecule has 1 aromatic rings. The first-order valence-corrected chi connectivity index (χ1v) is 14.6. The van der Waals surface area contributed by atoms with Gasteiger partial charge in [-0.25, -0.2) is 4.98 Å². The number of halogens is 1. The largest absolute Gasteiger partial charge is 0.392 e. The second kappa shape index (κ2) is 12.6. The number of aryl methyl sites for hydroxylation is 1. The van der Waals surface area contributed by atoms with Crippen molar-refractivity contribution in [3.8, 4) is 12.3 Å². The summed E-state index contributed by atoms with van der Waals surface area (Å²) in [5.41, 5.74) is -0.894. The topological polar surface area (TPSA) is 112 Å². The van der Waals surface area contributed by atoms with Gasteiger partial charge in [0.25, 0.3) is 0 Å². The van der Waals surface area contributed by atoms with Gasteiger partial charge < -0.3 is 20.3 Å². The minimum absolute atomic E-state index is 0.0911. The molecule has 1 aromatic heterocycles. The zero-order valence-electron chi connectivity index (χ0n) is 23.0. The average molecular weight is 565 g/mol. The fourth-order valence-corrected chi connectivity index (χ4v) is 6.14. The van der Waals surface area contributed by atoms with Crippen LogP contribution >= 0.6 is 22.9 Å². The number of hydrogen-bond acceptors (Lipinski definition) is 7. The number of amides is 1. The second-order valence-corrected chi connectivity index (χ2v) is 13.1. The van der Waals surface area contributed by atoms with E-state index in [0.29, 0.717) is 24.3 Å². The maximum Gasteiger partial charge on any atom is 0.223 e. The first-order valence-electron chi connectivity index (χ1n) is 13.4. The highest BCUT2D eigenvalue weighted by molar-refractivity contribution is 7.09. The number of fused-ring (bicyclic) bond motifs is 1. The number of nitrogens with one attached hydrogen (secondary N) is 1. The zero-order chi connectivity index (χ0) is 28.3. The van der Waals surface area contributed by atoms with Crippen molar-refractivity contribution in [2.45, 2.75) is 110 Å². The van der Waals surface area contributed by atoms with E-state index in [-0.39, 0.29) is 29.8 Å². The highest BCUT2D eigenvalue weighted by atomic mass is 35.5. The van der Waals surface area contributed by atoms with Crippen molar-refractivity contribution in [1.29, 1.82) is 0 Å². The van der Waals surface area contributed by atoms with Gasteiger partial charge in [-0.3, -0.25) is 9.59 Å². The third kappa shape index (κ3) is 7.45. The third-order valence-corrected chi connectivity index (χ3v) is 9.35. The molecule has 7 nitrogen and oxygen atoms in total. The van der Waals surface area contributed by atoms with Crippen molar-refractivity contribution in [1.82, 2.24) is 10.3 Å². The number of ketones is 1. The molecular weight excluding hydrogens is 524 g/mol. The van der Waals surface area contributed by atoms with E-state index in [0.717, 1.165) is 30.0 Å². The van der Waals surface area contributed by atoms with Crippen LogP contribution in [0.25, 0.3) is 6.08 Å². The highest BCUT2D eigenvalue weighted by Crippen LogP contribution is 2.45. The van der Waals surface area contributed by atoms with Crippen LogP contribution in [0, 0.1) is 36.5 Å². The standard InChI is InChI=1S/C29H41ClN2O5S/c1-7-8-11-20-26(35)17(2)10-9-12-29(6)24(37-29)14-22(21(30)13-19-16-38-18(3)31-19)32-25(34)15-23(33)28(4,5)27(20)36/h1,13,16-17,20,22-24,26,33,35H,8-12,14-15H2,2-6H3,(H,32,34). The molecule has 1 amide bonds. The van der Waals surface area contributed by atoms with Crippen LogP contribution < -0.4 is 5.32 Å². The molecule has 0 aromatic carbocycles. The van der Waals surface area contributed by atoms with Crippen LogP contribution in [0.2, 0.25) is 0 Å². The number of carbonyl (C=O) groups is 2. The van der Waals surface area contributed by atoms with Crippen molar-refractivity contribution in [3.63, 3.8) is 0 Å². The number of ether oxygens (including phenoxy) is 1. The van der Waals surface area contributed by atoms with Crippen molar-refractivity contribution in [2.24, 2.45) is 17.3 Å². The normalized spacial score (nSPS) is 35.2. The summed E-state index contributed by atoms with van der Waals surface area (Å²) in [4.78, 5) is 31.2. The van der Waals surface area contributed by atoms with Crippen molar-refractivity contribution in [3.05, 3.63) is 21.1 Å². The Balaban J connectivity index is 1.88. The Morgan fingerprint density at radius 2 is 2.08 bits per heavy atom. The number of terminal acetylenes is 1. The Labute approximate surface area is 235 Å². The molecule has 3 rings (SSSR count). The summed E-state index contributed by atoms with van der Waals surface area (Å²) in [7, 11) is 0. The lowest BCUT2D eigenvalue weighted by atomic mass is 9.71. The monoisotopic (exact) mass is 564 g/mol. The predicted molar refractivity (Wildman–Crippen MR) is 150 cm³/mol. The van der Waals surface area contributed by atoms with E-state index >= 15 is 0 Å². The van der Waals surface area contributed by atoms with E-state index in [4.69, 9.17) is 22.8 Å². The van der Waals surface area contributed by atoms with Gasteiger partial charge in [-0.2, -0.15) is 0 Å². The lowest BCUT2D eigenvalue weighted by Crippen LogP contribution is -2.48. The molecule has 0 saturated carbocycles. The van der Waals surface area contributed by atoms with Gasteiger partial charge in [0.05, 0.1) is 52.5 Å². The summed E-state index contributed by atoms with van der Waals surface area (Å²) in [6, 6.07) is -0.527. The van der Waals surface area contributed by atoms with Crippen molar-refractivity contribution < 1.29 is 24.5 Å². The van der Waals surface area contributed by atoms with Crippen LogP contribution in [0.4, 0.5) is 0 Å². The molecule has 2 aliphatic heterocycles. The predicted octanol–water partition coefficient (Wildman–Crippen LogP) is 4.62. The van der Waals surface area contributed by atoms with E-state index in [1.807, 2.05) is 26.2 Å². The third-order valence-electron chi connectivity index (χ3n) is 8.19. The number of epoxide rings is 1. The molecule has 0 bridgehead atoms. The molecule has 7 atom stereocenters. The van der Waals surface area contributed by atoms with Gasteiger partial charge in [-0.05, 0) is 45.1 Å². The number of hydrogen-bond donors (Lipinski definition) is 3. The molecule has 210 valence electrons. The lowest BCUT2D eigenvalue weighted by Gasteiger charge is -2.36. The first kappa shape index (κ1) is 30.8. The fraction of sp³-hybridized carbons (Fsp3) is 0.690. The van der Waals surface area contributed by atoms with Gasteiger partial charge in [0.15, 0.2) is 0 Å². The number of thiazole rings is 1. The van der Waals surface area contributed by atoms with Crippen LogP contribution in [-0.4, -0.2) is 56.8 Å². The number of rotatable bonds is 4. The van der Waals surface area contributed by atoms with Crippen LogP contribution in [-0.2, 0) is 14.3 Å². The summed E-state index contributed by atoms with van der Waals surface area (Å²) >= 11 is 8.22. The van der Waals surface area contributed by atoms with Gasteiger partial charge in [-0.15, -0.1) is 23.7 Å². The second-order valence-electron chi connectivity index (χ2n) is 11.6. The van der Waals surface area contributed by atoms with Crippen molar-refractivity contribution in [2.75, 3.05) is 0 Å². The number of carbonyl (C=O) groups excluding carboxylic acids is 2. The number of aromatic nitrogens is 1. The van der Waals surface area contributed by atoms with E-state index in [2.05, 4.69) is 16.2 Å². The SMILES string of the molecule is C#CCCC1C(=O)C(C)(C)C(O)CC(=O)NC(C(Cl)=Cc2csc(C)n2)CC2OC2(C)CCCC(C)C1O. The molecular formula is C29H41ClN2O5S.